The van der Waals surface area contributed by atoms with Gasteiger partial charge in [-0.1, -0.05) is 0 Å². The molecule has 19 heavy (non-hydrogen) atoms. The summed E-state index contributed by atoms with van der Waals surface area (Å²) in [6, 6.07) is 5.36. The second-order valence-corrected chi connectivity index (χ2v) is 5.96. The summed E-state index contributed by atoms with van der Waals surface area (Å²) in [5.74, 6) is -2.34. The van der Waals surface area contributed by atoms with Crippen LogP contribution in [0.25, 0.3) is 0 Å². The molecule has 0 saturated carbocycles. The van der Waals surface area contributed by atoms with Crippen LogP contribution in [-0.2, 0) is 10.0 Å². The summed E-state index contributed by atoms with van der Waals surface area (Å²) < 4.78 is 52.3. The predicted molar refractivity (Wildman–Crippen MR) is 69.1 cm³/mol. The highest BCUT2D eigenvalue weighted by Crippen LogP contribution is 2.23. The molecule has 0 aliphatic rings. The van der Waals surface area contributed by atoms with Crippen molar-refractivity contribution in [2.45, 2.75) is 4.90 Å². The van der Waals surface area contributed by atoms with Crippen molar-refractivity contribution in [3.05, 3.63) is 52.8 Å². The topological polar surface area (TPSA) is 59.1 Å². The zero-order valence-corrected chi connectivity index (χ0v) is 11.7. The monoisotopic (exact) mass is 348 g/mol. The molecular formula is C11H7BrF2N2O2S. The predicted octanol–water partition coefficient (Wildman–Crippen LogP) is 2.92. The molecule has 0 bridgehead atoms. The van der Waals surface area contributed by atoms with E-state index >= 15 is 0 Å². The number of halogens is 3. The molecule has 1 aromatic carbocycles. The van der Waals surface area contributed by atoms with Gasteiger partial charge in [-0.05, 0) is 46.3 Å². The van der Waals surface area contributed by atoms with Crippen molar-refractivity contribution in [1.29, 1.82) is 0 Å². The third-order valence-corrected chi connectivity index (χ3v) is 4.20. The van der Waals surface area contributed by atoms with E-state index < -0.39 is 21.7 Å². The first-order valence-electron chi connectivity index (χ1n) is 4.98. The molecule has 0 fully saturated rings. The Hall–Kier alpha value is -1.54. The molecule has 1 heterocycles. The van der Waals surface area contributed by atoms with Crippen LogP contribution in [0.4, 0.5) is 14.5 Å². The fraction of sp³-hybridized carbons (Fsp3) is 0. The molecule has 0 atom stereocenters. The average Bonchev–Trinajstić information content (AvgIpc) is 2.35. The molecule has 0 spiro atoms. The maximum absolute atomic E-state index is 13.0. The van der Waals surface area contributed by atoms with Crippen molar-refractivity contribution < 1.29 is 17.2 Å². The lowest BCUT2D eigenvalue weighted by atomic mass is 10.3. The third-order valence-electron chi connectivity index (χ3n) is 2.20. The summed E-state index contributed by atoms with van der Waals surface area (Å²) in [5.41, 5.74) is 0.201. The number of aromatic nitrogens is 1. The van der Waals surface area contributed by atoms with E-state index in [4.69, 9.17) is 0 Å². The summed E-state index contributed by atoms with van der Waals surface area (Å²) in [6.07, 6.45) is 1.47. The Bertz CT molecular complexity index is 722. The normalized spacial score (nSPS) is 11.3. The molecular weight excluding hydrogens is 342 g/mol. The summed E-state index contributed by atoms with van der Waals surface area (Å²) in [5, 5.41) is 0. The Balaban J connectivity index is 2.38. The number of hydrogen-bond acceptors (Lipinski definition) is 3. The van der Waals surface area contributed by atoms with Crippen LogP contribution in [0, 0.1) is 11.6 Å². The van der Waals surface area contributed by atoms with Crippen LogP contribution in [0.15, 0.2) is 46.0 Å². The molecule has 0 saturated heterocycles. The molecule has 0 aliphatic heterocycles. The molecule has 2 aromatic rings. The maximum Gasteiger partial charge on any atom is 0.262 e. The number of sulfonamides is 1. The van der Waals surface area contributed by atoms with Crippen LogP contribution in [0.5, 0.6) is 0 Å². The van der Waals surface area contributed by atoms with E-state index in [1.165, 1.54) is 18.3 Å². The number of benzene rings is 1. The van der Waals surface area contributed by atoms with Gasteiger partial charge in [-0.2, -0.15) is 0 Å². The second-order valence-electron chi connectivity index (χ2n) is 3.52. The zero-order chi connectivity index (χ0) is 14.0. The van der Waals surface area contributed by atoms with Crippen LogP contribution < -0.4 is 4.72 Å². The van der Waals surface area contributed by atoms with Crippen LogP contribution in [0.2, 0.25) is 0 Å². The van der Waals surface area contributed by atoms with E-state index in [0.29, 0.717) is 10.7 Å². The van der Waals surface area contributed by atoms with Gasteiger partial charge in [-0.15, -0.1) is 0 Å². The molecule has 0 aliphatic carbocycles. The highest BCUT2D eigenvalue weighted by molar-refractivity contribution is 9.10. The van der Waals surface area contributed by atoms with Crippen molar-refractivity contribution in [3.8, 4) is 0 Å². The molecule has 0 radical (unpaired) electrons. The van der Waals surface area contributed by atoms with E-state index in [1.807, 2.05) is 0 Å². The van der Waals surface area contributed by atoms with E-state index in [9.17, 15) is 17.2 Å². The first-order chi connectivity index (χ1) is 8.90. The van der Waals surface area contributed by atoms with Crippen molar-refractivity contribution in [3.63, 3.8) is 0 Å². The Morgan fingerprint density at radius 3 is 2.53 bits per heavy atom. The van der Waals surface area contributed by atoms with Gasteiger partial charge in [0.15, 0.2) is 11.6 Å². The number of hydrogen-bond donors (Lipinski definition) is 1. The SMILES string of the molecule is O=S(=O)(Nc1cccnc1Br)c1ccc(F)c(F)c1. The number of nitrogens with zero attached hydrogens (tertiary/aromatic N) is 1. The van der Waals surface area contributed by atoms with E-state index in [-0.39, 0.29) is 10.6 Å². The Morgan fingerprint density at radius 1 is 1.16 bits per heavy atom. The standard InChI is InChI=1S/C11H7BrF2N2O2S/c12-11-10(2-1-5-15-11)16-19(17,18)7-3-4-8(13)9(14)6-7/h1-6,16H. The van der Waals surface area contributed by atoms with Crippen LogP contribution >= 0.6 is 15.9 Å². The van der Waals surface area contributed by atoms with Gasteiger partial charge in [0.25, 0.3) is 10.0 Å². The highest BCUT2D eigenvalue weighted by Gasteiger charge is 2.17. The van der Waals surface area contributed by atoms with Gasteiger partial charge in [-0.25, -0.2) is 22.2 Å². The lowest BCUT2D eigenvalue weighted by Crippen LogP contribution is -2.14. The Morgan fingerprint density at radius 2 is 1.89 bits per heavy atom. The minimum atomic E-state index is -4.00. The minimum absolute atomic E-state index is 0.201. The fourth-order valence-corrected chi connectivity index (χ4v) is 2.87. The van der Waals surface area contributed by atoms with Gasteiger partial charge < -0.3 is 0 Å². The zero-order valence-electron chi connectivity index (χ0n) is 9.27. The van der Waals surface area contributed by atoms with E-state index in [2.05, 4.69) is 25.6 Å². The lowest BCUT2D eigenvalue weighted by molar-refractivity contribution is 0.504. The molecule has 8 heteroatoms. The van der Waals surface area contributed by atoms with E-state index in [1.54, 1.807) is 0 Å². The Kier molecular flexibility index (Phi) is 3.81. The van der Waals surface area contributed by atoms with Gasteiger partial charge in [0.1, 0.15) is 4.60 Å². The van der Waals surface area contributed by atoms with Crippen LogP contribution in [0.3, 0.4) is 0 Å². The largest absolute Gasteiger partial charge is 0.277 e. The lowest BCUT2D eigenvalue weighted by Gasteiger charge is -2.09. The van der Waals surface area contributed by atoms with E-state index in [0.717, 1.165) is 12.1 Å². The van der Waals surface area contributed by atoms with Crippen molar-refractivity contribution >= 4 is 31.6 Å². The number of pyridine rings is 1. The fourth-order valence-electron chi connectivity index (χ4n) is 1.31. The first-order valence-corrected chi connectivity index (χ1v) is 7.26. The number of nitrogens with one attached hydrogen (secondary N) is 1. The average molecular weight is 349 g/mol. The quantitative estimate of drug-likeness (QED) is 0.867. The summed E-state index contributed by atoms with van der Waals surface area (Å²) >= 11 is 3.08. The molecule has 1 aromatic heterocycles. The molecule has 0 unspecified atom stereocenters. The van der Waals surface area contributed by atoms with Gasteiger partial charge in [0, 0.05) is 6.20 Å². The number of rotatable bonds is 3. The molecule has 0 amide bonds. The van der Waals surface area contributed by atoms with Gasteiger partial charge in [-0.3, -0.25) is 4.72 Å². The highest BCUT2D eigenvalue weighted by atomic mass is 79.9. The van der Waals surface area contributed by atoms with Crippen molar-refractivity contribution in [2.75, 3.05) is 4.72 Å². The number of anilines is 1. The van der Waals surface area contributed by atoms with Gasteiger partial charge in [0.2, 0.25) is 0 Å². The summed E-state index contributed by atoms with van der Waals surface area (Å²) in [7, 11) is -4.00. The molecule has 100 valence electrons. The molecule has 1 N–H and O–H groups in total. The third kappa shape index (κ3) is 3.07. The summed E-state index contributed by atoms with van der Waals surface area (Å²) in [6.45, 7) is 0. The molecule has 2 rings (SSSR count). The van der Waals surface area contributed by atoms with Gasteiger partial charge >= 0.3 is 0 Å². The first kappa shape index (κ1) is 13.9. The van der Waals surface area contributed by atoms with Crippen molar-refractivity contribution in [1.82, 2.24) is 4.98 Å². The second kappa shape index (κ2) is 5.22. The minimum Gasteiger partial charge on any atom is -0.277 e. The van der Waals surface area contributed by atoms with Gasteiger partial charge in [0.05, 0.1) is 10.6 Å². The Labute approximate surface area is 116 Å². The molecule has 4 nitrogen and oxygen atoms in total. The van der Waals surface area contributed by atoms with Crippen LogP contribution in [0.1, 0.15) is 0 Å². The van der Waals surface area contributed by atoms with Crippen molar-refractivity contribution in [2.24, 2.45) is 0 Å². The summed E-state index contributed by atoms with van der Waals surface area (Å²) in [4.78, 5) is 3.47. The van der Waals surface area contributed by atoms with Crippen LogP contribution in [-0.4, -0.2) is 13.4 Å². The smallest absolute Gasteiger partial charge is 0.262 e. The maximum atomic E-state index is 13.0.